The highest BCUT2D eigenvalue weighted by Gasteiger charge is 2.30. The van der Waals surface area contributed by atoms with Crippen LogP contribution in [0.3, 0.4) is 0 Å². The van der Waals surface area contributed by atoms with Gasteiger partial charge in [-0.1, -0.05) is 0 Å². The van der Waals surface area contributed by atoms with Crippen LogP contribution in [-0.2, 0) is 4.74 Å². The summed E-state index contributed by atoms with van der Waals surface area (Å²) in [5.41, 5.74) is -2.08. The van der Waals surface area contributed by atoms with E-state index in [9.17, 15) is 23.7 Å². The lowest BCUT2D eigenvalue weighted by Crippen LogP contribution is -2.09. The van der Waals surface area contributed by atoms with Gasteiger partial charge < -0.3 is 4.74 Å². The summed E-state index contributed by atoms with van der Waals surface area (Å²) in [6, 6.07) is 0. The van der Waals surface area contributed by atoms with Crippen molar-refractivity contribution in [3.8, 4) is 0 Å². The van der Waals surface area contributed by atoms with Crippen molar-refractivity contribution in [3.05, 3.63) is 32.0 Å². The summed E-state index contributed by atoms with van der Waals surface area (Å²) in [4.78, 5) is 24.3. The number of rotatable bonds is 3. The van der Waals surface area contributed by atoms with Gasteiger partial charge in [0, 0.05) is 6.20 Å². The molecule has 1 heterocycles. The molecule has 17 heavy (non-hydrogen) atoms. The first-order valence-electron chi connectivity index (χ1n) is 4.09. The van der Waals surface area contributed by atoms with Crippen LogP contribution in [0.4, 0.5) is 14.5 Å². The van der Waals surface area contributed by atoms with Gasteiger partial charge in [0.25, 0.3) is 6.43 Å². The van der Waals surface area contributed by atoms with E-state index in [1.165, 1.54) is 0 Å². The molecule has 0 spiro atoms. The third-order valence-electron chi connectivity index (χ3n) is 1.82. The average Bonchev–Trinajstić information content (AvgIpc) is 2.26. The Bertz CT molecular complexity index is 481. The van der Waals surface area contributed by atoms with Crippen molar-refractivity contribution < 1.29 is 23.2 Å². The van der Waals surface area contributed by atoms with Crippen molar-refractivity contribution in [2.24, 2.45) is 0 Å². The third kappa shape index (κ3) is 2.54. The van der Waals surface area contributed by atoms with Crippen LogP contribution in [0.5, 0.6) is 0 Å². The van der Waals surface area contributed by atoms with Crippen LogP contribution >= 0.6 is 15.9 Å². The Morgan fingerprint density at radius 2 is 2.24 bits per heavy atom. The quantitative estimate of drug-likeness (QED) is 0.486. The second kappa shape index (κ2) is 5.13. The van der Waals surface area contributed by atoms with Crippen molar-refractivity contribution in [2.75, 3.05) is 7.11 Å². The molecule has 0 N–H and O–H groups in total. The van der Waals surface area contributed by atoms with Crippen LogP contribution in [0.2, 0.25) is 0 Å². The molecular formula is C8H5BrF2N2O4. The fourth-order valence-corrected chi connectivity index (χ4v) is 1.72. The first kappa shape index (κ1) is 13.4. The minimum atomic E-state index is -2.99. The molecule has 9 heteroatoms. The second-order valence-electron chi connectivity index (χ2n) is 2.77. The van der Waals surface area contributed by atoms with Gasteiger partial charge in [-0.2, -0.15) is 0 Å². The average molecular weight is 311 g/mol. The maximum absolute atomic E-state index is 12.5. The molecule has 0 aromatic carbocycles. The molecule has 0 saturated carbocycles. The first-order valence-corrected chi connectivity index (χ1v) is 4.88. The fraction of sp³-hybridized carbons (Fsp3) is 0.250. The van der Waals surface area contributed by atoms with Gasteiger partial charge in [-0.15, -0.1) is 0 Å². The van der Waals surface area contributed by atoms with Gasteiger partial charge in [0.2, 0.25) is 0 Å². The van der Waals surface area contributed by atoms with Crippen LogP contribution in [-0.4, -0.2) is 23.0 Å². The molecule has 0 aliphatic carbocycles. The van der Waals surface area contributed by atoms with E-state index >= 15 is 0 Å². The number of aromatic nitrogens is 1. The zero-order valence-electron chi connectivity index (χ0n) is 8.32. The van der Waals surface area contributed by atoms with Crippen molar-refractivity contribution in [3.63, 3.8) is 0 Å². The highest BCUT2D eigenvalue weighted by Crippen LogP contribution is 2.35. The maximum Gasteiger partial charge on any atom is 0.346 e. The van der Waals surface area contributed by atoms with E-state index in [-0.39, 0.29) is 0 Å². The number of hydrogen-bond acceptors (Lipinski definition) is 5. The highest BCUT2D eigenvalue weighted by atomic mass is 79.9. The number of hydrogen-bond donors (Lipinski definition) is 0. The number of carbonyl (C=O) groups is 1. The first-order chi connectivity index (χ1) is 7.90. The SMILES string of the molecule is COC(=O)c1cnc(C(F)F)c(Br)c1[N+](=O)[O-]. The number of nitrogens with zero attached hydrogens (tertiary/aromatic N) is 2. The second-order valence-corrected chi connectivity index (χ2v) is 3.56. The van der Waals surface area contributed by atoms with E-state index in [1.54, 1.807) is 0 Å². The molecule has 0 bridgehead atoms. The Balaban J connectivity index is 3.50. The normalized spacial score (nSPS) is 10.4. The smallest absolute Gasteiger partial charge is 0.346 e. The highest BCUT2D eigenvalue weighted by molar-refractivity contribution is 9.10. The minimum absolute atomic E-state index is 0.492. The van der Waals surface area contributed by atoms with Crippen molar-refractivity contribution >= 4 is 27.6 Å². The molecule has 0 amide bonds. The van der Waals surface area contributed by atoms with E-state index in [1.807, 2.05) is 0 Å². The predicted octanol–water partition coefficient (Wildman–Crippen LogP) is 2.48. The molecule has 1 rings (SSSR count). The summed E-state index contributed by atoms with van der Waals surface area (Å²) in [6.45, 7) is 0. The molecule has 0 aliphatic rings. The Hall–Kier alpha value is -1.64. The predicted molar refractivity (Wildman–Crippen MR) is 54.9 cm³/mol. The van der Waals surface area contributed by atoms with Crippen molar-refractivity contribution in [2.45, 2.75) is 6.43 Å². The summed E-state index contributed by atoms with van der Waals surface area (Å²) in [5.74, 6) is -1.02. The van der Waals surface area contributed by atoms with Crippen LogP contribution < -0.4 is 0 Å². The molecule has 0 radical (unpaired) electrons. The third-order valence-corrected chi connectivity index (χ3v) is 2.60. The van der Waals surface area contributed by atoms with Gasteiger partial charge in [0.1, 0.15) is 10.2 Å². The number of methoxy groups -OCH3 is 1. The number of halogens is 3. The number of esters is 1. The molecule has 1 aromatic heterocycles. The molecule has 1 aromatic rings. The molecule has 6 nitrogen and oxygen atoms in total. The molecule has 0 fully saturated rings. The molecule has 92 valence electrons. The van der Waals surface area contributed by atoms with Gasteiger partial charge >= 0.3 is 11.7 Å². The molecule has 0 atom stereocenters. The van der Waals surface area contributed by atoms with E-state index in [2.05, 4.69) is 25.7 Å². The number of alkyl halides is 2. The molecule has 0 aliphatic heterocycles. The van der Waals surface area contributed by atoms with Crippen molar-refractivity contribution in [1.29, 1.82) is 0 Å². The standard InChI is InChI=1S/C8H5BrF2N2O4/c1-17-8(14)3-2-12-5(7(10)11)4(9)6(3)13(15)16/h2,7H,1H3. The van der Waals surface area contributed by atoms with Gasteiger partial charge in [-0.25, -0.2) is 13.6 Å². The molecule has 0 unspecified atom stereocenters. The van der Waals surface area contributed by atoms with E-state index in [0.29, 0.717) is 6.20 Å². The van der Waals surface area contributed by atoms with Crippen LogP contribution in [0.15, 0.2) is 10.7 Å². The Morgan fingerprint density at radius 3 is 2.65 bits per heavy atom. The van der Waals surface area contributed by atoms with E-state index < -0.39 is 38.7 Å². The summed E-state index contributed by atoms with van der Waals surface area (Å²) in [6.07, 6.45) is -2.30. The van der Waals surface area contributed by atoms with Crippen molar-refractivity contribution in [1.82, 2.24) is 4.98 Å². The van der Waals surface area contributed by atoms with Crippen LogP contribution in [0.1, 0.15) is 22.5 Å². The molecular weight excluding hydrogens is 306 g/mol. The Morgan fingerprint density at radius 1 is 1.65 bits per heavy atom. The number of pyridine rings is 1. The number of ether oxygens (including phenoxy) is 1. The summed E-state index contributed by atoms with van der Waals surface area (Å²) in [7, 11) is 1.01. The Labute approximate surface area is 102 Å². The monoisotopic (exact) mass is 310 g/mol. The van der Waals surface area contributed by atoms with Crippen LogP contribution in [0, 0.1) is 10.1 Å². The largest absolute Gasteiger partial charge is 0.465 e. The topological polar surface area (TPSA) is 82.3 Å². The lowest BCUT2D eigenvalue weighted by Gasteiger charge is -2.06. The summed E-state index contributed by atoms with van der Waals surface area (Å²) < 4.78 is 28.7. The van der Waals surface area contributed by atoms with Crippen LogP contribution in [0.25, 0.3) is 0 Å². The van der Waals surface area contributed by atoms with Gasteiger partial charge in [-0.3, -0.25) is 15.1 Å². The molecule has 0 saturated heterocycles. The van der Waals surface area contributed by atoms with Gasteiger partial charge in [0.05, 0.1) is 12.0 Å². The zero-order valence-corrected chi connectivity index (χ0v) is 9.90. The maximum atomic E-state index is 12.5. The lowest BCUT2D eigenvalue weighted by atomic mass is 10.2. The fourth-order valence-electron chi connectivity index (χ4n) is 1.08. The number of carbonyl (C=O) groups excluding carboxylic acids is 1. The minimum Gasteiger partial charge on any atom is -0.465 e. The number of nitro groups is 1. The lowest BCUT2D eigenvalue weighted by molar-refractivity contribution is -0.386. The van der Waals surface area contributed by atoms with Gasteiger partial charge in [-0.05, 0) is 15.9 Å². The summed E-state index contributed by atoms with van der Waals surface area (Å²) in [5, 5.41) is 10.7. The zero-order chi connectivity index (χ0) is 13.2. The van der Waals surface area contributed by atoms with E-state index in [4.69, 9.17) is 0 Å². The van der Waals surface area contributed by atoms with E-state index in [0.717, 1.165) is 7.11 Å². The summed E-state index contributed by atoms with van der Waals surface area (Å²) >= 11 is 2.64. The van der Waals surface area contributed by atoms with Gasteiger partial charge in [0.15, 0.2) is 5.56 Å². The Kier molecular flexibility index (Phi) is 4.05.